The van der Waals surface area contributed by atoms with Crippen molar-refractivity contribution in [2.45, 2.75) is 65.5 Å². The Bertz CT molecular complexity index is 545. The first-order valence-electron chi connectivity index (χ1n) is 7.82. The topological polar surface area (TPSA) is 80.3 Å². The molecule has 0 fully saturated rings. The number of carbonyl (C=O) groups excluding carboxylic acids is 2. The van der Waals surface area contributed by atoms with Gasteiger partial charge in [0.25, 0.3) is 5.91 Å². The van der Waals surface area contributed by atoms with Crippen LogP contribution in [0.1, 0.15) is 63.0 Å². The highest BCUT2D eigenvalue weighted by Gasteiger charge is 2.30. The molecule has 1 aromatic rings. The van der Waals surface area contributed by atoms with Crippen LogP contribution >= 0.6 is 11.3 Å². The highest BCUT2D eigenvalue weighted by Crippen LogP contribution is 2.17. The summed E-state index contributed by atoms with van der Waals surface area (Å²) in [5.41, 5.74) is -0.658. The van der Waals surface area contributed by atoms with Crippen molar-refractivity contribution in [2.24, 2.45) is 0 Å². The number of hydrogen-bond acceptors (Lipinski definition) is 5. The van der Waals surface area contributed by atoms with Gasteiger partial charge in [-0.15, -0.1) is 11.3 Å². The number of nitrogens with one attached hydrogen (secondary N) is 2. The number of amides is 2. The molecule has 2 amide bonds. The Morgan fingerprint density at radius 3 is 2.30 bits per heavy atom. The second-order valence-electron chi connectivity index (χ2n) is 6.55. The summed E-state index contributed by atoms with van der Waals surface area (Å²) < 4.78 is 5.24. The van der Waals surface area contributed by atoms with Gasteiger partial charge in [-0.25, -0.2) is 9.78 Å². The summed E-state index contributed by atoms with van der Waals surface area (Å²) in [5.74, 6) is -0.218. The van der Waals surface area contributed by atoms with Crippen LogP contribution in [0.4, 0.5) is 4.79 Å². The van der Waals surface area contributed by atoms with Crippen LogP contribution in [-0.4, -0.2) is 34.7 Å². The first-order chi connectivity index (χ1) is 10.6. The number of hydrogen-bond donors (Lipinski definition) is 2. The molecule has 1 heterocycles. The molecule has 0 spiro atoms. The SMILES string of the molecule is CCC(CC)(CNC(=O)OC(C)(C)C)NC(=O)c1csc(C)n1. The third kappa shape index (κ3) is 6.17. The first kappa shape index (κ1) is 19.4. The highest BCUT2D eigenvalue weighted by atomic mass is 32.1. The van der Waals surface area contributed by atoms with Crippen molar-refractivity contribution in [1.82, 2.24) is 15.6 Å². The molecule has 0 saturated heterocycles. The normalized spacial score (nSPS) is 11.9. The Balaban J connectivity index is 2.71. The van der Waals surface area contributed by atoms with Crippen LogP contribution in [0.15, 0.2) is 5.38 Å². The summed E-state index contributed by atoms with van der Waals surface area (Å²) in [5, 5.41) is 8.35. The predicted molar refractivity (Wildman–Crippen MR) is 91.9 cm³/mol. The Labute approximate surface area is 142 Å². The van der Waals surface area contributed by atoms with E-state index in [0.29, 0.717) is 25.1 Å². The minimum Gasteiger partial charge on any atom is -0.444 e. The summed E-state index contributed by atoms with van der Waals surface area (Å²) in [6.07, 6.45) is 0.894. The molecule has 0 aliphatic rings. The molecule has 7 heteroatoms. The van der Waals surface area contributed by atoms with E-state index in [1.807, 2.05) is 41.5 Å². The summed E-state index contributed by atoms with van der Waals surface area (Å²) in [4.78, 5) is 28.4. The smallest absolute Gasteiger partial charge is 0.407 e. The number of aryl methyl sites for hydroxylation is 1. The predicted octanol–water partition coefficient (Wildman–Crippen LogP) is 3.26. The zero-order valence-corrected chi connectivity index (χ0v) is 15.6. The van der Waals surface area contributed by atoms with E-state index in [0.717, 1.165) is 5.01 Å². The lowest BCUT2D eigenvalue weighted by atomic mass is 9.92. The van der Waals surface area contributed by atoms with E-state index < -0.39 is 17.2 Å². The average molecular weight is 341 g/mol. The molecular weight excluding hydrogens is 314 g/mol. The average Bonchev–Trinajstić information content (AvgIpc) is 2.88. The highest BCUT2D eigenvalue weighted by molar-refractivity contribution is 7.09. The maximum atomic E-state index is 12.4. The molecule has 1 aromatic heterocycles. The van der Waals surface area contributed by atoms with Crippen molar-refractivity contribution in [3.8, 4) is 0 Å². The molecule has 2 N–H and O–H groups in total. The van der Waals surface area contributed by atoms with Gasteiger partial charge in [0.05, 0.1) is 10.5 Å². The molecule has 0 bridgehead atoms. The van der Waals surface area contributed by atoms with Crippen LogP contribution < -0.4 is 10.6 Å². The van der Waals surface area contributed by atoms with Gasteiger partial charge in [-0.2, -0.15) is 0 Å². The van der Waals surface area contributed by atoms with E-state index >= 15 is 0 Å². The minimum absolute atomic E-state index is 0.218. The van der Waals surface area contributed by atoms with Gasteiger partial charge in [0.15, 0.2) is 0 Å². The number of carbonyl (C=O) groups is 2. The van der Waals surface area contributed by atoms with E-state index in [1.54, 1.807) is 5.38 Å². The Morgan fingerprint density at radius 2 is 1.87 bits per heavy atom. The fourth-order valence-corrected chi connectivity index (χ4v) is 2.64. The van der Waals surface area contributed by atoms with E-state index in [9.17, 15) is 9.59 Å². The Morgan fingerprint density at radius 1 is 1.26 bits per heavy atom. The number of thiazole rings is 1. The fourth-order valence-electron chi connectivity index (χ4n) is 2.05. The summed E-state index contributed by atoms with van der Waals surface area (Å²) in [6.45, 7) is 11.6. The number of rotatable bonds is 6. The van der Waals surface area contributed by atoms with E-state index in [-0.39, 0.29) is 5.91 Å². The van der Waals surface area contributed by atoms with Crippen LogP contribution in [0.5, 0.6) is 0 Å². The van der Waals surface area contributed by atoms with E-state index in [1.165, 1.54) is 11.3 Å². The molecule has 0 radical (unpaired) electrons. The standard InChI is InChI=1S/C16H27N3O3S/c1-7-16(8-2,10-17-14(21)22-15(4,5)6)19-13(20)12-9-23-11(3)18-12/h9H,7-8,10H2,1-6H3,(H,17,21)(H,19,20). The molecule has 23 heavy (non-hydrogen) atoms. The van der Waals surface area contributed by atoms with Gasteiger partial charge in [-0.05, 0) is 40.5 Å². The third-order valence-electron chi connectivity index (χ3n) is 3.55. The van der Waals surface area contributed by atoms with Crippen molar-refractivity contribution < 1.29 is 14.3 Å². The van der Waals surface area contributed by atoms with Gasteiger partial charge in [0.2, 0.25) is 0 Å². The Hall–Kier alpha value is -1.63. The molecule has 130 valence electrons. The zero-order chi connectivity index (χ0) is 17.7. The van der Waals surface area contributed by atoms with Gasteiger partial charge in [-0.1, -0.05) is 13.8 Å². The number of aromatic nitrogens is 1. The molecule has 0 atom stereocenters. The number of nitrogens with zero attached hydrogens (tertiary/aromatic N) is 1. The molecular formula is C16H27N3O3S. The second kappa shape index (κ2) is 7.77. The molecule has 0 saturated carbocycles. The van der Waals surface area contributed by atoms with Crippen LogP contribution in [0.25, 0.3) is 0 Å². The monoisotopic (exact) mass is 341 g/mol. The molecule has 0 aliphatic carbocycles. The maximum absolute atomic E-state index is 12.4. The van der Waals surface area contributed by atoms with Gasteiger partial charge < -0.3 is 15.4 Å². The van der Waals surface area contributed by atoms with Crippen molar-refractivity contribution >= 4 is 23.3 Å². The van der Waals surface area contributed by atoms with Gasteiger partial charge in [0.1, 0.15) is 11.3 Å². The molecule has 0 unspecified atom stereocenters. The Kier molecular flexibility index (Phi) is 6.56. The first-order valence-corrected chi connectivity index (χ1v) is 8.70. The van der Waals surface area contributed by atoms with Crippen LogP contribution in [0, 0.1) is 6.92 Å². The van der Waals surface area contributed by atoms with Crippen molar-refractivity contribution in [3.63, 3.8) is 0 Å². The van der Waals surface area contributed by atoms with Crippen LogP contribution in [0.2, 0.25) is 0 Å². The minimum atomic E-state index is -0.549. The number of ether oxygens (including phenoxy) is 1. The van der Waals surface area contributed by atoms with Crippen LogP contribution in [-0.2, 0) is 4.74 Å². The van der Waals surface area contributed by atoms with Gasteiger partial charge in [-0.3, -0.25) is 4.79 Å². The second-order valence-corrected chi connectivity index (χ2v) is 7.61. The zero-order valence-electron chi connectivity index (χ0n) is 14.8. The molecule has 6 nitrogen and oxygen atoms in total. The summed E-state index contributed by atoms with van der Waals surface area (Å²) in [6, 6.07) is 0. The van der Waals surface area contributed by atoms with Crippen molar-refractivity contribution in [3.05, 3.63) is 16.1 Å². The molecule has 1 rings (SSSR count). The molecule has 0 aromatic carbocycles. The third-order valence-corrected chi connectivity index (χ3v) is 4.33. The molecule has 0 aliphatic heterocycles. The van der Waals surface area contributed by atoms with E-state index in [2.05, 4.69) is 15.6 Å². The van der Waals surface area contributed by atoms with Crippen LogP contribution in [0.3, 0.4) is 0 Å². The summed E-state index contributed by atoms with van der Waals surface area (Å²) in [7, 11) is 0. The largest absolute Gasteiger partial charge is 0.444 e. The quantitative estimate of drug-likeness (QED) is 0.832. The van der Waals surface area contributed by atoms with Gasteiger partial charge in [0, 0.05) is 11.9 Å². The summed E-state index contributed by atoms with van der Waals surface area (Å²) >= 11 is 1.44. The maximum Gasteiger partial charge on any atom is 0.407 e. The van der Waals surface area contributed by atoms with Gasteiger partial charge >= 0.3 is 6.09 Å². The van der Waals surface area contributed by atoms with Crippen molar-refractivity contribution in [1.29, 1.82) is 0 Å². The van der Waals surface area contributed by atoms with E-state index in [4.69, 9.17) is 4.74 Å². The van der Waals surface area contributed by atoms with Crippen molar-refractivity contribution in [2.75, 3.05) is 6.54 Å². The fraction of sp³-hybridized carbons (Fsp3) is 0.688. The lowest BCUT2D eigenvalue weighted by Gasteiger charge is -2.33. The lowest BCUT2D eigenvalue weighted by molar-refractivity contribution is 0.0501. The lowest BCUT2D eigenvalue weighted by Crippen LogP contribution is -2.55. The number of alkyl carbamates (subject to hydrolysis) is 1.